The number of aromatic nitrogens is 3. The molecule has 0 radical (unpaired) electrons. The van der Waals surface area contributed by atoms with E-state index >= 15 is 0 Å². The van der Waals surface area contributed by atoms with Gasteiger partial charge in [-0.1, -0.05) is 12.8 Å². The molecule has 1 aromatic heterocycles. The van der Waals surface area contributed by atoms with Gasteiger partial charge in [-0.05, 0) is 38.5 Å². The monoisotopic (exact) mass is 364 g/mol. The standard InChI is InChI=1S/C18H28N4O2S/c1-20-18(24)22(14-6-7-14)17(19-20)13-8-10-21(11-9-13)16(23)12-25-15-4-2-3-5-15/h13-15H,2-12H2,1H3. The Labute approximate surface area is 152 Å². The van der Waals surface area contributed by atoms with Crippen molar-refractivity contribution in [3.8, 4) is 0 Å². The molecule has 0 spiro atoms. The van der Waals surface area contributed by atoms with E-state index in [2.05, 4.69) is 5.10 Å². The lowest BCUT2D eigenvalue weighted by Crippen LogP contribution is -2.39. The van der Waals surface area contributed by atoms with Crippen LogP contribution in [0.15, 0.2) is 4.79 Å². The van der Waals surface area contributed by atoms with Crippen molar-refractivity contribution in [3.63, 3.8) is 0 Å². The molecule has 1 saturated heterocycles. The second-order valence-electron chi connectivity index (χ2n) is 7.74. The molecule has 25 heavy (non-hydrogen) atoms. The molecule has 0 aromatic carbocycles. The Morgan fingerprint density at radius 1 is 1.12 bits per heavy atom. The third-order valence-corrected chi connectivity index (χ3v) is 7.21. The van der Waals surface area contributed by atoms with Gasteiger partial charge in [0.2, 0.25) is 5.91 Å². The highest BCUT2D eigenvalue weighted by Crippen LogP contribution is 2.37. The Balaban J connectivity index is 1.33. The molecule has 1 aromatic rings. The highest BCUT2D eigenvalue weighted by molar-refractivity contribution is 8.00. The molecule has 2 aliphatic carbocycles. The van der Waals surface area contributed by atoms with Crippen LogP contribution in [0.25, 0.3) is 0 Å². The second kappa shape index (κ2) is 7.17. The maximum absolute atomic E-state index is 12.5. The molecule has 2 saturated carbocycles. The van der Waals surface area contributed by atoms with Gasteiger partial charge in [0.15, 0.2) is 0 Å². The van der Waals surface area contributed by atoms with Gasteiger partial charge in [-0.25, -0.2) is 9.48 Å². The van der Waals surface area contributed by atoms with Gasteiger partial charge in [0.25, 0.3) is 0 Å². The molecule has 138 valence electrons. The van der Waals surface area contributed by atoms with E-state index in [9.17, 15) is 9.59 Å². The van der Waals surface area contributed by atoms with Crippen molar-refractivity contribution in [2.45, 2.75) is 68.6 Å². The molecule has 7 heteroatoms. The number of nitrogens with zero attached hydrogens (tertiary/aromatic N) is 4. The first-order valence-electron chi connectivity index (χ1n) is 9.68. The van der Waals surface area contributed by atoms with Crippen molar-refractivity contribution < 1.29 is 4.79 Å². The summed E-state index contributed by atoms with van der Waals surface area (Å²) < 4.78 is 3.39. The van der Waals surface area contributed by atoms with Crippen molar-refractivity contribution >= 4 is 17.7 Å². The van der Waals surface area contributed by atoms with Crippen LogP contribution < -0.4 is 5.69 Å². The number of hydrogen-bond donors (Lipinski definition) is 0. The van der Waals surface area contributed by atoms with Crippen LogP contribution in [0.3, 0.4) is 0 Å². The highest BCUT2D eigenvalue weighted by Gasteiger charge is 2.34. The van der Waals surface area contributed by atoms with Crippen LogP contribution >= 0.6 is 11.8 Å². The van der Waals surface area contributed by atoms with E-state index in [4.69, 9.17) is 0 Å². The third-order valence-electron chi connectivity index (χ3n) is 5.85. The smallest absolute Gasteiger partial charge is 0.342 e. The number of likely N-dealkylation sites (tertiary alicyclic amines) is 1. The Morgan fingerprint density at radius 2 is 1.80 bits per heavy atom. The Morgan fingerprint density at radius 3 is 2.44 bits per heavy atom. The minimum Gasteiger partial charge on any atom is -0.342 e. The average molecular weight is 365 g/mol. The predicted octanol–water partition coefficient (Wildman–Crippen LogP) is 2.30. The number of hydrogen-bond acceptors (Lipinski definition) is 4. The van der Waals surface area contributed by atoms with Gasteiger partial charge in [0.05, 0.1) is 5.75 Å². The highest BCUT2D eigenvalue weighted by atomic mass is 32.2. The first kappa shape index (κ1) is 17.2. The normalized spacial score (nSPS) is 22.7. The number of aryl methyl sites for hydroxylation is 1. The number of carbonyl (C=O) groups is 1. The van der Waals surface area contributed by atoms with Crippen LogP contribution in [0.5, 0.6) is 0 Å². The van der Waals surface area contributed by atoms with E-state index in [1.165, 1.54) is 30.4 Å². The zero-order valence-corrected chi connectivity index (χ0v) is 15.8. The van der Waals surface area contributed by atoms with Gasteiger partial charge in [-0.3, -0.25) is 9.36 Å². The van der Waals surface area contributed by atoms with Crippen LogP contribution in [0, 0.1) is 0 Å². The van der Waals surface area contributed by atoms with Crippen molar-refractivity contribution in [3.05, 3.63) is 16.3 Å². The lowest BCUT2D eigenvalue weighted by Gasteiger charge is -2.31. The second-order valence-corrected chi connectivity index (χ2v) is 9.03. The van der Waals surface area contributed by atoms with E-state index in [0.717, 1.165) is 44.6 Å². The molecule has 4 rings (SSSR count). The molecule has 6 nitrogen and oxygen atoms in total. The van der Waals surface area contributed by atoms with Crippen molar-refractivity contribution in [2.24, 2.45) is 7.05 Å². The number of piperidine rings is 1. The van der Waals surface area contributed by atoms with Gasteiger partial charge < -0.3 is 4.90 Å². The molecule has 1 aliphatic heterocycles. The summed E-state index contributed by atoms with van der Waals surface area (Å²) in [5.41, 5.74) is 0.0176. The van der Waals surface area contributed by atoms with Gasteiger partial charge in [0.1, 0.15) is 5.82 Å². The molecule has 1 amide bonds. The van der Waals surface area contributed by atoms with Gasteiger partial charge in [-0.15, -0.1) is 11.8 Å². The lowest BCUT2D eigenvalue weighted by molar-refractivity contribution is -0.129. The fourth-order valence-corrected chi connectivity index (χ4v) is 5.40. The van der Waals surface area contributed by atoms with Gasteiger partial charge in [-0.2, -0.15) is 5.10 Å². The fourth-order valence-electron chi connectivity index (χ4n) is 4.18. The molecule has 3 fully saturated rings. The SMILES string of the molecule is Cn1nc(C2CCN(C(=O)CSC3CCCC3)CC2)n(C2CC2)c1=O. The summed E-state index contributed by atoms with van der Waals surface area (Å²) in [6.45, 7) is 1.59. The molecule has 0 bridgehead atoms. The maximum Gasteiger partial charge on any atom is 0.345 e. The number of carbonyl (C=O) groups excluding carboxylic acids is 1. The molecule has 2 heterocycles. The Bertz CT molecular complexity index is 680. The number of amides is 1. The largest absolute Gasteiger partial charge is 0.345 e. The van der Waals surface area contributed by atoms with E-state index in [1.807, 2.05) is 21.2 Å². The molecule has 3 aliphatic rings. The quantitative estimate of drug-likeness (QED) is 0.804. The first-order chi connectivity index (χ1) is 12.1. The third kappa shape index (κ3) is 3.66. The van der Waals surface area contributed by atoms with Crippen molar-refractivity contribution in [2.75, 3.05) is 18.8 Å². The average Bonchev–Trinajstić information content (AvgIpc) is 3.23. The van der Waals surface area contributed by atoms with Crippen LogP contribution in [-0.4, -0.2) is 49.2 Å². The summed E-state index contributed by atoms with van der Waals surface area (Å²) in [5.74, 6) is 2.17. The summed E-state index contributed by atoms with van der Waals surface area (Å²) in [6, 6.07) is 0.360. The predicted molar refractivity (Wildman–Crippen MR) is 99.0 cm³/mol. The van der Waals surface area contributed by atoms with Gasteiger partial charge in [0, 0.05) is 37.3 Å². The summed E-state index contributed by atoms with van der Waals surface area (Å²) in [7, 11) is 1.74. The first-order valence-corrected chi connectivity index (χ1v) is 10.7. The van der Waals surface area contributed by atoms with Crippen LogP contribution in [0.4, 0.5) is 0 Å². The van der Waals surface area contributed by atoms with Crippen LogP contribution in [0.2, 0.25) is 0 Å². The summed E-state index contributed by atoms with van der Waals surface area (Å²) in [6.07, 6.45) is 9.22. The van der Waals surface area contributed by atoms with Crippen LogP contribution in [-0.2, 0) is 11.8 Å². The number of rotatable bonds is 5. The van der Waals surface area contributed by atoms with E-state index in [1.54, 1.807) is 7.05 Å². The zero-order valence-electron chi connectivity index (χ0n) is 15.0. The maximum atomic E-state index is 12.5. The molecule has 0 N–H and O–H groups in total. The Kier molecular flexibility index (Phi) is 4.93. The molecule has 0 unspecified atom stereocenters. The number of thioether (sulfide) groups is 1. The fraction of sp³-hybridized carbons (Fsp3) is 0.833. The summed E-state index contributed by atoms with van der Waals surface area (Å²) >= 11 is 1.85. The minimum absolute atomic E-state index is 0.0176. The van der Waals surface area contributed by atoms with E-state index in [-0.39, 0.29) is 11.6 Å². The van der Waals surface area contributed by atoms with Gasteiger partial charge >= 0.3 is 5.69 Å². The topological polar surface area (TPSA) is 60.1 Å². The zero-order chi connectivity index (χ0) is 17.4. The Hall–Kier alpha value is -1.24. The molecular weight excluding hydrogens is 336 g/mol. The molecule has 0 atom stereocenters. The van der Waals surface area contributed by atoms with Crippen molar-refractivity contribution in [1.29, 1.82) is 0 Å². The minimum atomic E-state index is 0.0176. The van der Waals surface area contributed by atoms with Crippen LogP contribution in [0.1, 0.15) is 69.2 Å². The lowest BCUT2D eigenvalue weighted by atomic mass is 9.96. The molecular formula is C18H28N4O2S. The van der Waals surface area contributed by atoms with Crippen molar-refractivity contribution in [1.82, 2.24) is 19.2 Å². The summed E-state index contributed by atoms with van der Waals surface area (Å²) in [4.78, 5) is 26.8. The van der Waals surface area contributed by atoms with E-state index < -0.39 is 0 Å². The summed E-state index contributed by atoms with van der Waals surface area (Å²) in [5, 5.41) is 5.21. The van der Waals surface area contributed by atoms with E-state index in [0.29, 0.717) is 23.0 Å².